The number of carbonyl (C=O) groups is 1. The van der Waals surface area contributed by atoms with Crippen LogP contribution < -0.4 is 26.6 Å². The van der Waals surface area contributed by atoms with Crippen molar-refractivity contribution in [3.05, 3.63) is 81.6 Å². The Morgan fingerprint density at radius 3 is 2.56 bits per heavy atom. The number of hydrogen-bond donors (Lipinski definition) is 4. The van der Waals surface area contributed by atoms with E-state index in [9.17, 15) is 4.79 Å². The van der Waals surface area contributed by atoms with E-state index in [0.717, 1.165) is 37.6 Å². The van der Waals surface area contributed by atoms with Crippen LogP contribution in [0.3, 0.4) is 0 Å². The second-order valence-corrected chi connectivity index (χ2v) is 8.35. The van der Waals surface area contributed by atoms with E-state index in [1.165, 1.54) is 5.69 Å². The molecule has 1 amide bonds. The highest BCUT2D eigenvalue weighted by Crippen LogP contribution is 2.24. The maximum absolute atomic E-state index is 11.9. The Balaban J connectivity index is 1.42. The minimum Gasteiger partial charge on any atom is -0.380 e. The monoisotopic (exact) mass is 473 g/mol. The van der Waals surface area contributed by atoms with Crippen LogP contribution in [-0.4, -0.2) is 38.4 Å². The molecule has 2 heterocycles. The molecule has 2 aromatic rings. The normalized spacial score (nSPS) is 18.3. The van der Waals surface area contributed by atoms with Crippen LogP contribution in [0.2, 0.25) is 10.0 Å². The first-order valence-corrected chi connectivity index (χ1v) is 11.1. The molecule has 2 aromatic carbocycles. The SMILES string of the molecule is NC(=O)C1=CNC(Nc2ccc(N3CCOCC3)cc2)C=C1NCc1ccc(Cl)c(Cl)c1. The lowest BCUT2D eigenvalue weighted by atomic mass is 10.1. The first-order chi connectivity index (χ1) is 15.5. The summed E-state index contributed by atoms with van der Waals surface area (Å²) < 4.78 is 5.41. The molecule has 1 saturated heterocycles. The standard InChI is InChI=1S/C23H25Cl2N5O2/c24-19-6-1-15(11-20(19)25)13-27-21-12-22(28-14-18(21)23(26)31)29-16-2-4-17(5-3-16)30-7-9-32-10-8-30/h1-6,11-12,14,22,27-29H,7-10,13H2,(H2,26,31). The van der Waals surface area contributed by atoms with Crippen molar-refractivity contribution in [2.24, 2.45) is 5.73 Å². The van der Waals surface area contributed by atoms with Crippen LogP contribution in [-0.2, 0) is 16.1 Å². The van der Waals surface area contributed by atoms with Crippen LogP contribution in [0.5, 0.6) is 0 Å². The molecule has 2 aliphatic rings. The second kappa shape index (κ2) is 10.2. The molecule has 9 heteroatoms. The summed E-state index contributed by atoms with van der Waals surface area (Å²) in [5.74, 6) is -0.515. The number of carbonyl (C=O) groups excluding carboxylic acids is 1. The lowest BCUT2D eigenvalue weighted by Gasteiger charge is -2.29. The molecule has 0 saturated carbocycles. The van der Waals surface area contributed by atoms with Crippen LogP contribution in [0.15, 0.2) is 66.0 Å². The molecule has 1 unspecified atom stereocenters. The number of nitrogens with one attached hydrogen (secondary N) is 3. The topological polar surface area (TPSA) is 91.7 Å². The Kier molecular flexibility index (Phi) is 7.09. The van der Waals surface area contributed by atoms with Gasteiger partial charge in [0.25, 0.3) is 5.91 Å². The van der Waals surface area contributed by atoms with Crippen molar-refractivity contribution in [1.29, 1.82) is 0 Å². The number of hydrogen-bond acceptors (Lipinski definition) is 6. The zero-order valence-electron chi connectivity index (χ0n) is 17.4. The van der Waals surface area contributed by atoms with E-state index in [1.54, 1.807) is 18.3 Å². The van der Waals surface area contributed by atoms with E-state index >= 15 is 0 Å². The molecule has 4 rings (SSSR count). The fraction of sp³-hybridized carbons (Fsp3) is 0.261. The van der Waals surface area contributed by atoms with Gasteiger partial charge in [0, 0.05) is 42.9 Å². The Bertz CT molecular complexity index is 1030. The van der Waals surface area contributed by atoms with E-state index < -0.39 is 5.91 Å². The number of rotatable bonds is 7. The van der Waals surface area contributed by atoms with Gasteiger partial charge in [0.2, 0.25) is 0 Å². The van der Waals surface area contributed by atoms with E-state index in [0.29, 0.717) is 27.9 Å². The van der Waals surface area contributed by atoms with Crippen LogP contribution in [0, 0.1) is 0 Å². The molecule has 0 aromatic heterocycles. The Hall–Kier alpha value is -2.87. The summed E-state index contributed by atoms with van der Waals surface area (Å²) in [5.41, 5.74) is 9.64. The van der Waals surface area contributed by atoms with Gasteiger partial charge in [0.15, 0.2) is 0 Å². The van der Waals surface area contributed by atoms with E-state index in [2.05, 4.69) is 33.0 Å². The minimum absolute atomic E-state index is 0.219. The molecule has 0 spiro atoms. The second-order valence-electron chi connectivity index (χ2n) is 7.54. The number of nitrogens with zero attached hydrogens (tertiary/aromatic N) is 1. The number of dihydropyridines is 1. The first-order valence-electron chi connectivity index (χ1n) is 10.3. The van der Waals surface area contributed by atoms with Crippen molar-refractivity contribution in [2.45, 2.75) is 12.7 Å². The minimum atomic E-state index is -0.515. The molecule has 5 N–H and O–H groups in total. The van der Waals surface area contributed by atoms with Crippen molar-refractivity contribution in [1.82, 2.24) is 10.6 Å². The highest BCUT2D eigenvalue weighted by Gasteiger charge is 2.19. The van der Waals surface area contributed by atoms with E-state index in [4.69, 9.17) is 33.7 Å². The predicted octanol–water partition coefficient (Wildman–Crippen LogP) is 3.21. The fourth-order valence-corrected chi connectivity index (χ4v) is 3.93. The quantitative estimate of drug-likeness (QED) is 0.493. The number of nitrogens with two attached hydrogens (primary N) is 1. The van der Waals surface area contributed by atoms with Crippen LogP contribution >= 0.6 is 23.2 Å². The molecule has 7 nitrogen and oxygen atoms in total. The summed E-state index contributed by atoms with van der Waals surface area (Å²) in [6.07, 6.45) is 3.30. The van der Waals surface area contributed by atoms with Crippen LogP contribution in [0.1, 0.15) is 5.56 Å². The van der Waals surface area contributed by atoms with Crippen LogP contribution in [0.25, 0.3) is 0 Å². The summed E-state index contributed by atoms with van der Waals surface area (Å²) in [7, 11) is 0. The zero-order valence-corrected chi connectivity index (χ0v) is 18.9. The number of benzene rings is 2. The predicted molar refractivity (Wildman–Crippen MR) is 129 cm³/mol. The summed E-state index contributed by atoms with van der Waals surface area (Å²) in [6, 6.07) is 13.7. The zero-order chi connectivity index (χ0) is 22.5. The van der Waals surface area contributed by atoms with Gasteiger partial charge >= 0.3 is 0 Å². The van der Waals surface area contributed by atoms with Gasteiger partial charge in [-0.25, -0.2) is 0 Å². The van der Waals surface area contributed by atoms with Crippen molar-refractivity contribution >= 4 is 40.5 Å². The molecular weight excluding hydrogens is 449 g/mol. The summed E-state index contributed by atoms with van der Waals surface area (Å²) >= 11 is 12.1. The average Bonchev–Trinajstić information content (AvgIpc) is 2.81. The van der Waals surface area contributed by atoms with Crippen molar-refractivity contribution in [3.63, 3.8) is 0 Å². The van der Waals surface area contributed by atoms with Gasteiger partial charge < -0.3 is 31.3 Å². The summed E-state index contributed by atoms with van der Waals surface area (Å²) in [5, 5.41) is 10.8. The lowest BCUT2D eigenvalue weighted by molar-refractivity contribution is -0.114. The highest BCUT2D eigenvalue weighted by atomic mass is 35.5. The molecule has 1 atom stereocenters. The number of amides is 1. The van der Waals surface area contributed by atoms with Gasteiger partial charge in [-0.2, -0.15) is 0 Å². The van der Waals surface area contributed by atoms with Gasteiger partial charge in [-0.1, -0.05) is 29.3 Å². The largest absolute Gasteiger partial charge is 0.380 e. The van der Waals surface area contributed by atoms with Crippen LogP contribution in [0.4, 0.5) is 11.4 Å². The summed E-state index contributed by atoms with van der Waals surface area (Å²) in [6.45, 7) is 3.77. The van der Waals surface area contributed by atoms with Gasteiger partial charge in [-0.3, -0.25) is 4.79 Å². The maximum Gasteiger partial charge on any atom is 0.252 e. The van der Waals surface area contributed by atoms with Crippen molar-refractivity contribution in [2.75, 3.05) is 36.5 Å². The number of primary amides is 1. The van der Waals surface area contributed by atoms with Gasteiger partial charge in [-0.05, 0) is 48.0 Å². The third-order valence-corrected chi connectivity index (χ3v) is 6.07. The molecule has 32 heavy (non-hydrogen) atoms. The number of halogens is 2. The third-order valence-electron chi connectivity index (χ3n) is 5.33. The number of morpholine rings is 1. The molecule has 168 valence electrons. The van der Waals surface area contributed by atoms with Crippen molar-refractivity contribution in [3.8, 4) is 0 Å². The van der Waals surface area contributed by atoms with E-state index in [-0.39, 0.29) is 6.17 Å². The Morgan fingerprint density at radius 2 is 1.88 bits per heavy atom. The lowest BCUT2D eigenvalue weighted by Crippen LogP contribution is -2.38. The van der Waals surface area contributed by atoms with Gasteiger partial charge in [-0.15, -0.1) is 0 Å². The first kappa shape index (κ1) is 22.3. The molecule has 0 radical (unpaired) electrons. The Labute approximate surface area is 197 Å². The number of ether oxygens (including phenoxy) is 1. The fourth-order valence-electron chi connectivity index (χ4n) is 3.61. The smallest absolute Gasteiger partial charge is 0.252 e. The Morgan fingerprint density at radius 1 is 1.12 bits per heavy atom. The molecule has 1 fully saturated rings. The molecule has 0 aliphatic carbocycles. The number of anilines is 2. The molecular formula is C23H25Cl2N5O2. The van der Waals surface area contributed by atoms with Gasteiger partial charge in [0.1, 0.15) is 6.17 Å². The van der Waals surface area contributed by atoms with E-state index in [1.807, 2.05) is 24.3 Å². The average molecular weight is 474 g/mol. The summed E-state index contributed by atoms with van der Waals surface area (Å²) in [4.78, 5) is 14.2. The molecule has 0 bridgehead atoms. The van der Waals surface area contributed by atoms with Gasteiger partial charge in [0.05, 0.1) is 28.8 Å². The third kappa shape index (κ3) is 5.48. The highest BCUT2D eigenvalue weighted by molar-refractivity contribution is 6.42. The molecule has 2 aliphatic heterocycles. The maximum atomic E-state index is 11.9. The van der Waals surface area contributed by atoms with Crippen molar-refractivity contribution < 1.29 is 9.53 Å².